The SMILES string of the molecule is CCC(C(=O)Nc1cc(C)on1)N1CCC(C2OCCO2)CC1. The van der Waals surface area contributed by atoms with Crippen LogP contribution in [0, 0.1) is 12.8 Å². The second-order valence-corrected chi connectivity index (χ2v) is 6.22. The third-order valence-electron chi connectivity index (χ3n) is 4.62. The van der Waals surface area contributed by atoms with Crippen molar-refractivity contribution >= 4 is 11.7 Å². The lowest BCUT2D eigenvalue weighted by Crippen LogP contribution is -2.48. The fraction of sp³-hybridized carbons (Fsp3) is 0.750. The van der Waals surface area contributed by atoms with Crippen LogP contribution in [0.25, 0.3) is 0 Å². The van der Waals surface area contributed by atoms with Gasteiger partial charge in [0.2, 0.25) is 5.91 Å². The van der Waals surface area contributed by atoms with E-state index in [9.17, 15) is 4.79 Å². The molecular formula is C16H25N3O4. The molecule has 1 aromatic heterocycles. The summed E-state index contributed by atoms with van der Waals surface area (Å²) in [6, 6.07) is 1.59. The van der Waals surface area contributed by atoms with Gasteiger partial charge in [-0.2, -0.15) is 0 Å². The van der Waals surface area contributed by atoms with Gasteiger partial charge >= 0.3 is 0 Å². The maximum atomic E-state index is 12.5. The monoisotopic (exact) mass is 323 g/mol. The Morgan fingerprint density at radius 2 is 2.09 bits per heavy atom. The number of aryl methyl sites for hydroxylation is 1. The number of hydrogen-bond donors (Lipinski definition) is 1. The summed E-state index contributed by atoms with van der Waals surface area (Å²) in [5, 5.41) is 6.67. The molecule has 3 rings (SSSR count). The summed E-state index contributed by atoms with van der Waals surface area (Å²) in [7, 11) is 0. The molecule has 23 heavy (non-hydrogen) atoms. The van der Waals surface area contributed by atoms with Crippen LogP contribution in [0.5, 0.6) is 0 Å². The number of aromatic nitrogens is 1. The Kier molecular flexibility index (Phi) is 5.30. The average Bonchev–Trinajstić information content (AvgIpc) is 3.21. The Morgan fingerprint density at radius 1 is 1.39 bits per heavy atom. The maximum absolute atomic E-state index is 12.5. The first-order chi connectivity index (χ1) is 11.2. The summed E-state index contributed by atoms with van der Waals surface area (Å²) in [4.78, 5) is 14.7. The topological polar surface area (TPSA) is 76.8 Å². The van der Waals surface area contributed by atoms with Gasteiger partial charge in [-0.05, 0) is 39.3 Å². The lowest BCUT2D eigenvalue weighted by molar-refractivity contribution is -0.124. The van der Waals surface area contributed by atoms with Crippen molar-refractivity contribution in [3.05, 3.63) is 11.8 Å². The molecule has 1 atom stereocenters. The standard InChI is InChI=1S/C16H25N3O4/c1-3-13(15(20)17-14-10-11(2)23-18-14)19-6-4-12(5-7-19)16-21-8-9-22-16/h10,12-13,16H,3-9H2,1-2H3,(H,17,18,20). The highest BCUT2D eigenvalue weighted by Gasteiger charge is 2.34. The number of nitrogens with one attached hydrogen (secondary N) is 1. The Morgan fingerprint density at radius 3 is 2.65 bits per heavy atom. The lowest BCUT2D eigenvalue weighted by atomic mass is 9.94. The van der Waals surface area contributed by atoms with Crippen LogP contribution in [0.2, 0.25) is 0 Å². The molecule has 7 nitrogen and oxygen atoms in total. The highest BCUT2D eigenvalue weighted by Crippen LogP contribution is 2.27. The molecular weight excluding hydrogens is 298 g/mol. The summed E-state index contributed by atoms with van der Waals surface area (Å²) >= 11 is 0. The number of likely N-dealkylation sites (tertiary alicyclic amines) is 1. The van der Waals surface area contributed by atoms with E-state index in [0.29, 0.717) is 30.7 Å². The molecule has 2 aliphatic heterocycles. The van der Waals surface area contributed by atoms with E-state index in [0.717, 1.165) is 32.4 Å². The second-order valence-electron chi connectivity index (χ2n) is 6.22. The normalized spacial score (nSPS) is 22.3. The third kappa shape index (κ3) is 3.91. The van der Waals surface area contributed by atoms with Gasteiger partial charge < -0.3 is 19.3 Å². The van der Waals surface area contributed by atoms with Crippen LogP contribution >= 0.6 is 0 Å². The first kappa shape index (κ1) is 16.4. The first-order valence-corrected chi connectivity index (χ1v) is 8.39. The molecule has 2 aliphatic rings. The summed E-state index contributed by atoms with van der Waals surface area (Å²) in [5.74, 6) is 1.58. The number of hydrogen-bond acceptors (Lipinski definition) is 6. The van der Waals surface area contributed by atoms with Crippen molar-refractivity contribution in [3.8, 4) is 0 Å². The predicted octanol–water partition coefficient (Wildman–Crippen LogP) is 1.79. The van der Waals surface area contributed by atoms with Gasteiger partial charge in [-0.1, -0.05) is 12.1 Å². The minimum Gasteiger partial charge on any atom is -0.360 e. The summed E-state index contributed by atoms with van der Waals surface area (Å²) in [6.07, 6.45) is 2.71. The predicted molar refractivity (Wildman–Crippen MR) is 83.9 cm³/mol. The maximum Gasteiger partial charge on any atom is 0.242 e. The van der Waals surface area contributed by atoms with E-state index in [1.807, 2.05) is 6.92 Å². The molecule has 2 saturated heterocycles. The molecule has 1 amide bonds. The largest absolute Gasteiger partial charge is 0.360 e. The van der Waals surface area contributed by atoms with Crippen molar-refractivity contribution in [2.75, 3.05) is 31.6 Å². The number of amides is 1. The van der Waals surface area contributed by atoms with E-state index in [1.54, 1.807) is 13.0 Å². The minimum atomic E-state index is -0.140. The van der Waals surface area contributed by atoms with Gasteiger partial charge in [0.05, 0.1) is 19.3 Å². The van der Waals surface area contributed by atoms with Crippen molar-refractivity contribution in [1.82, 2.24) is 10.1 Å². The van der Waals surface area contributed by atoms with Crippen LogP contribution in [-0.4, -0.2) is 54.6 Å². The third-order valence-corrected chi connectivity index (χ3v) is 4.62. The molecule has 1 N–H and O–H groups in total. The van der Waals surface area contributed by atoms with Gasteiger partial charge in [0.25, 0.3) is 0 Å². The molecule has 0 aromatic carbocycles. The van der Waals surface area contributed by atoms with Crippen LogP contribution in [-0.2, 0) is 14.3 Å². The van der Waals surface area contributed by atoms with Gasteiger partial charge in [0.1, 0.15) is 5.76 Å². The highest BCUT2D eigenvalue weighted by atomic mass is 16.7. The molecule has 7 heteroatoms. The molecule has 0 bridgehead atoms. The molecule has 1 unspecified atom stereocenters. The van der Waals surface area contributed by atoms with Crippen LogP contribution in [0.3, 0.4) is 0 Å². The quantitative estimate of drug-likeness (QED) is 0.890. The van der Waals surface area contributed by atoms with Crippen LogP contribution in [0.1, 0.15) is 31.9 Å². The van der Waals surface area contributed by atoms with Crippen LogP contribution in [0.15, 0.2) is 10.6 Å². The number of carbonyl (C=O) groups excluding carboxylic acids is 1. The number of nitrogens with zero attached hydrogens (tertiary/aromatic N) is 2. The molecule has 128 valence electrons. The molecule has 3 heterocycles. The fourth-order valence-electron chi connectivity index (χ4n) is 3.40. The Balaban J connectivity index is 1.53. The molecule has 0 spiro atoms. The Bertz CT molecular complexity index is 519. The zero-order valence-corrected chi connectivity index (χ0v) is 13.8. The van der Waals surface area contributed by atoms with Crippen molar-refractivity contribution in [2.45, 2.75) is 45.4 Å². The second kappa shape index (κ2) is 7.42. The van der Waals surface area contributed by atoms with Crippen molar-refractivity contribution in [1.29, 1.82) is 0 Å². The van der Waals surface area contributed by atoms with Crippen molar-refractivity contribution < 1.29 is 18.8 Å². The zero-order valence-electron chi connectivity index (χ0n) is 13.8. The molecule has 0 saturated carbocycles. The summed E-state index contributed by atoms with van der Waals surface area (Å²) in [6.45, 7) is 7.00. The smallest absolute Gasteiger partial charge is 0.242 e. The van der Waals surface area contributed by atoms with Gasteiger partial charge in [-0.15, -0.1) is 0 Å². The van der Waals surface area contributed by atoms with Gasteiger partial charge in [-0.25, -0.2) is 0 Å². The van der Waals surface area contributed by atoms with Crippen LogP contribution in [0.4, 0.5) is 5.82 Å². The van der Waals surface area contributed by atoms with Gasteiger partial charge in [0.15, 0.2) is 12.1 Å². The van der Waals surface area contributed by atoms with Gasteiger partial charge in [0, 0.05) is 12.0 Å². The van der Waals surface area contributed by atoms with Crippen LogP contribution < -0.4 is 5.32 Å². The van der Waals surface area contributed by atoms with Gasteiger partial charge in [-0.3, -0.25) is 9.69 Å². The average molecular weight is 323 g/mol. The lowest BCUT2D eigenvalue weighted by Gasteiger charge is -2.37. The van der Waals surface area contributed by atoms with E-state index in [-0.39, 0.29) is 18.2 Å². The Hall–Kier alpha value is -1.44. The van der Waals surface area contributed by atoms with E-state index in [1.165, 1.54) is 0 Å². The number of anilines is 1. The molecule has 2 fully saturated rings. The highest BCUT2D eigenvalue weighted by molar-refractivity contribution is 5.93. The Labute approximate surface area is 136 Å². The number of rotatable bonds is 5. The fourth-order valence-corrected chi connectivity index (χ4v) is 3.40. The van der Waals surface area contributed by atoms with E-state index in [4.69, 9.17) is 14.0 Å². The molecule has 1 aromatic rings. The van der Waals surface area contributed by atoms with Crippen molar-refractivity contribution in [3.63, 3.8) is 0 Å². The first-order valence-electron chi connectivity index (χ1n) is 8.39. The van der Waals surface area contributed by atoms with Crippen molar-refractivity contribution in [2.24, 2.45) is 5.92 Å². The number of carbonyl (C=O) groups is 1. The summed E-state index contributed by atoms with van der Waals surface area (Å²) < 4.78 is 16.2. The van der Waals surface area contributed by atoms with E-state index in [2.05, 4.69) is 15.4 Å². The molecule has 0 aliphatic carbocycles. The molecule has 0 radical (unpaired) electrons. The van der Waals surface area contributed by atoms with E-state index >= 15 is 0 Å². The zero-order chi connectivity index (χ0) is 16.2. The van der Waals surface area contributed by atoms with E-state index < -0.39 is 0 Å². The summed E-state index contributed by atoms with van der Waals surface area (Å²) in [5.41, 5.74) is 0. The number of piperidine rings is 1. The number of ether oxygens (including phenoxy) is 2. The minimum absolute atomic E-state index is 0.0207.